The fraction of sp³-hybridized carbons (Fsp3) is 0.250. The molecule has 0 amide bonds. The van der Waals surface area contributed by atoms with E-state index in [2.05, 4.69) is 0 Å². The zero-order valence-electron chi connectivity index (χ0n) is 6.36. The molecule has 0 saturated heterocycles. The molecule has 0 unspecified atom stereocenters. The molecule has 1 aromatic heterocycles. The van der Waals surface area contributed by atoms with Crippen molar-refractivity contribution in [1.82, 2.24) is 0 Å². The van der Waals surface area contributed by atoms with Gasteiger partial charge >= 0.3 is 6.34 Å². The van der Waals surface area contributed by atoms with Gasteiger partial charge in [-0.05, 0) is 0 Å². The monoisotopic (exact) mass is 136 g/mol. The average molecular weight is 136 g/mol. The smallest absolute Gasteiger partial charge is 0.186 e. The van der Waals surface area contributed by atoms with Crippen LogP contribution in [-0.2, 0) is 0 Å². The van der Waals surface area contributed by atoms with Gasteiger partial charge in [-0.1, -0.05) is 6.07 Å². The maximum absolute atomic E-state index is 2.00. The molecule has 1 aromatic rings. The molecule has 0 fully saturated rings. The summed E-state index contributed by atoms with van der Waals surface area (Å²) in [7, 11) is 4.00. The van der Waals surface area contributed by atoms with Crippen LogP contribution in [0.5, 0.6) is 0 Å². The summed E-state index contributed by atoms with van der Waals surface area (Å²) in [5.41, 5.74) is 0. The van der Waals surface area contributed by atoms with Crippen LogP contribution in [0.3, 0.4) is 0 Å². The van der Waals surface area contributed by atoms with Crippen LogP contribution < -0.4 is 4.57 Å². The molecule has 0 atom stereocenters. The Hall–Kier alpha value is -1.18. The minimum atomic E-state index is 2.00. The van der Waals surface area contributed by atoms with Crippen LogP contribution in [0.15, 0.2) is 30.6 Å². The summed E-state index contributed by atoms with van der Waals surface area (Å²) < 4.78 is 4.00. The second-order valence-corrected chi connectivity index (χ2v) is 2.40. The van der Waals surface area contributed by atoms with E-state index in [9.17, 15) is 0 Å². The predicted octanol–water partition coefficient (Wildman–Crippen LogP) is 0.123. The third-order valence-corrected chi connectivity index (χ3v) is 1.10. The Morgan fingerprint density at radius 1 is 1.10 bits per heavy atom. The summed E-state index contributed by atoms with van der Waals surface area (Å²) >= 11 is 0. The highest BCUT2D eigenvalue weighted by Gasteiger charge is 1.94. The van der Waals surface area contributed by atoms with E-state index in [1.54, 1.807) is 0 Å². The van der Waals surface area contributed by atoms with E-state index in [0.717, 1.165) is 0 Å². The highest BCUT2D eigenvalue weighted by Crippen LogP contribution is 1.72. The van der Waals surface area contributed by atoms with E-state index in [1.807, 2.05) is 60.2 Å². The first-order valence-corrected chi connectivity index (χ1v) is 3.26. The van der Waals surface area contributed by atoms with Gasteiger partial charge in [-0.15, -0.1) is 4.57 Å². The second-order valence-electron chi connectivity index (χ2n) is 2.40. The molecule has 0 aliphatic carbocycles. The summed E-state index contributed by atoms with van der Waals surface area (Å²) in [5, 5.41) is 0. The van der Waals surface area contributed by atoms with Crippen molar-refractivity contribution in [2.75, 3.05) is 14.1 Å². The maximum atomic E-state index is 2.00. The Kier molecular flexibility index (Phi) is 2.15. The van der Waals surface area contributed by atoms with E-state index in [1.165, 1.54) is 0 Å². The SMILES string of the molecule is C[N+](C)=C[n+]1ccccc1. The Morgan fingerprint density at radius 3 is 2.20 bits per heavy atom. The molecule has 0 N–H and O–H groups in total. The van der Waals surface area contributed by atoms with Crippen molar-refractivity contribution < 1.29 is 9.14 Å². The first kappa shape index (κ1) is 6.93. The van der Waals surface area contributed by atoms with Crippen molar-refractivity contribution >= 4 is 6.34 Å². The minimum Gasteiger partial charge on any atom is -0.186 e. The van der Waals surface area contributed by atoms with Crippen LogP contribution in [-0.4, -0.2) is 25.0 Å². The van der Waals surface area contributed by atoms with Gasteiger partial charge < -0.3 is 0 Å². The van der Waals surface area contributed by atoms with Crippen molar-refractivity contribution in [3.63, 3.8) is 0 Å². The Bertz CT molecular complexity index is 222. The molecule has 0 spiro atoms. The number of nitrogens with zero attached hydrogens (tertiary/aromatic N) is 2. The van der Waals surface area contributed by atoms with E-state index in [-0.39, 0.29) is 0 Å². The molecule has 0 aliphatic heterocycles. The summed E-state index contributed by atoms with van der Waals surface area (Å²) in [6.07, 6.45) is 6.00. The molecule has 2 heteroatoms. The average Bonchev–Trinajstić information content (AvgIpc) is 1.88. The van der Waals surface area contributed by atoms with Gasteiger partial charge in [0.1, 0.15) is 14.1 Å². The number of rotatable bonds is 1. The van der Waals surface area contributed by atoms with Crippen molar-refractivity contribution in [3.05, 3.63) is 30.6 Å². The van der Waals surface area contributed by atoms with E-state index >= 15 is 0 Å². The summed E-state index contributed by atoms with van der Waals surface area (Å²) in [6, 6.07) is 6.00. The third kappa shape index (κ3) is 1.97. The van der Waals surface area contributed by atoms with Gasteiger partial charge in [0.15, 0.2) is 12.4 Å². The minimum absolute atomic E-state index is 2.00. The Morgan fingerprint density at radius 2 is 1.70 bits per heavy atom. The van der Waals surface area contributed by atoms with Crippen LogP contribution in [0.1, 0.15) is 0 Å². The fourth-order valence-corrected chi connectivity index (χ4v) is 0.756. The molecule has 0 radical (unpaired) electrons. The molecule has 0 aliphatic rings. The predicted molar refractivity (Wildman–Crippen MR) is 40.2 cm³/mol. The third-order valence-electron chi connectivity index (χ3n) is 1.10. The molecule has 0 saturated carbocycles. The first-order chi connectivity index (χ1) is 4.79. The molecule has 0 aromatic carbocycles. The van der Waals surface area contributed by atoms with Gasteiger partial charge in [-0.3, -0.25) is 0 Å². The highest BCUT2D eigenvalue weighted by molar-refractivity contribution is 5.35. The lowest BCUT2D eigenvalue weighted by molar-refractivity contribution is -0.613. The van der Waals surface area contributed by atoms with Gasteiger partial charge in [0.25, 0.3) is 0 Å². The summed E-state index contributed by atoms with van der Waals surface area (Å²) in [6.45, 7) is 0. The zero-order chi connectivity index (χ0) is 7.40. The standard InChI is InChI=1S/C8H12N2/c1-9(2)8-10-6-4-3-5-7-10/h3-8H,1-2H3/q+2. The van der Waals surface area contributed by atoms with Gasteiger partial charge in [0, 0.05) is 12.1 Å². The van der Waals surface area contributed by atoms with Gasteiger partial charge in [0.2, 0.25) is 0 Å². The topological polar surface area (TPSA) is 6.89 Å². The highest BCUT2D eigenvalue weighted by atomic mass is 15.1. The second kappa shape index (κ2) is 3.11. The van der Waals surface area contributed by atoms with Crippen molar-refractivity contribution in [2.45, 2.75) is 0 Å². The van der Waals surface area contributed by atoms with Crippen LogP contribution in [0.25, 0.3) is 0 Å². The fourth-order valence-electron chi connectivity index (χ4n) is 0.756. The normalized spacial score (nSPS) is 9.00. The van der Waals surface area contributed by atoms with Gasteiger partial charge in [-0.25, -0.2) is 0 Å². The molecule has 0 bridgehead atoms. The molecule has 1 rings (SSSR count). The summed E-state index contributed by atoms with van der Waals surface area (Å²) in [4.78, 5) is 0. The number of hydrogen-bond acceptors (Lipinski definition) is 0. The molecular weight excluding hydrogens is 124 g/mol. The molecule has 1 heterocycles. The van der Waals surface area contributed by atoms with Crippen LogP contribution in [0, 0.1) is 0 Å². The van der Waals surface area contributed by atoms with Crippen molar-refractivity contribution in [2.24, 2.45) is 0 Å². The van der Waals surface area contributed by atoms with E-state index in [0.29, 0.717) is 0 Å². The van der Waals surface area contributed by atoms with Crippen LogP contribution >= 0.6 is 0 Å². The van der Waals surface area contributed by atoms with Gasteiger partial charge in [-0.2, -0.15) is 4.58 Å². The van der Waals surface area contributed by atoms with Crippen LogP contribution in [0.4, 0.5) is 0 Å². The Labute approximate surface area is 61.1 Å². The number of pyridine rings is 1. The quantitative estimate of drug-likeness (QED) is 0.294. The Balaban J connectivity index is 2.87. The van der Waals surface area contributed by atoms with E-state index in [4.69, 9.17) is 0 Å². The van der Waals surface area contributed by atoms with E-state index < -0.39 is 0 Å². The van der Waals surface area contributed by atoms with Crippen molar-refractivity contribution in [1.29, 1.82) is 0 Å². The zero-order valence-corrected chi connectivity index (χ0v) is 6.36. The first-order valence-electron chi connectivity index (χ1n) is 3.26. The number of aromatic nitrogens is 1. The lowest BCUT2D eigenvalue weighted by atomic mass is 10.5. The van der Waals surface area contributed by atoms with Crippen LogP contribution in [0.2, 0.25) is 0 Å². The molecule has 2 nitrogen and oxygen atoms in total. The van der Waals surface area contributed by atoms with Gasteiger partial charge in [0.05, 0.1) is 0 Å². The molecule has 52 valence electrons. The molecule has 10 heavy (non-hydrogen) atoms. The van der Waals surface area contributed by atoms with Crippen molar-refractivity contribution in [3.8, 4) is 0 Å². The lowest BCUT2D eigenvalue weighted by Gasteiger charge is -1.81. The maximum Gasteiger partial charge on any atom is 0.406 e. The largest absolute Gasteiger partial charge is 0.406 e. The summed E-state index contributed by atoms with van der Waals surface area (Å²) in [5.74, 6) is 0. The molecular formula is C8H12N2+2. The lowest BCUT2D eigenvalue weighted by Crippen LogP contribution is -2.35. The number of hydrogen-bond donors (Lipinski definition) is 0.